The molecule has 1 aliphatic rings. The Balaban J connectivity index is 1.77. The summed E-state index contributed by atoms with van der Waals surface area (Å²) in [6.45, 7) is 5.57. The van der Waals surface area contributed by atoms with Gasteiger partial charge in [0.2, 0.25) is 5.91 Å². The smallest absolute Gasteiger partial charge is 0.239 e. The number of aromatic nitrogens is 3. The molecule has 6 nitrogen and oxygen atoms in total. The molecule has 6 heteroatoms. The number of likely N-dealkylation sites (tertiary alicyclic amines) is 1. The normalized spacial score (nSPS) is 21.3. The summed E-state index contributed by atoms with van der Waals surface area (Å²) in [6.07, 6.45) is 4.90. The van der Waals surface area contributed by atoms with Crippen LogP contribution in [-0.2, 0) is 4.79 Å². The first-order chi connectivity index (χ1) is 11.1. The Labute approximate surface area is 136 Å². The number of nitrogens with zero attached hydrogens (tertiary/aromatic N) is 4. The van der Waals surface area contributed by atoms with Crippen molar-refractivity contribution in [2.75, 3.05) is 13.1 Å². The van der Waals surface area contributed by atoms with Gasteiger partial charge in [0, 0.05) is 25.2 Å². The van der Waals surface area contributed by atoms with Gasteiger partial charge in [-0.15, -0.1) is 10.2 Å². The topological polar surface area (TPSA) is 76.5 Å². The molecule has 2 aromatic heterocycles. The van der Waals surface area contributed by atoms with Crippen LogP contribution in [0.3, 0.4) is 0 Å². The van der Waals surface area contributed by atoms with Crippen molar-refractivity contribution in [1.82, 2.24) is 19.5 Å². The van der Waals surface area contributed by atoms with Gasteiger partial charge in [-0.1, -0.05) is 26.3 Å². The zero-order valence-electron chi connectivity index (χ0n) is 13.9. The van der Waals surface area contributed by atoms with Gasteiger partial charge in [0.15, 0.2) is 5.65 Å². The number of nitrogens with two attached hydrogens (primary N) is 1. The Morgan fingerprint density at radius 3 is 3.04 bits per heavy atom. The van der Waals surface area contributed by atoms with Crippen molar-refractivity contribution in [3.05, 3.63) is 30.2 Å². The summed E-state index contributed by atoms with van der Waals surface area (Å²) in [5.41, 5.74) is 6.98. The minimum absolute atomic E-state index is 0.0675. The molecule has 3 heterocycles. The number of fused-ring (bicyclic) bond motifs is 1. The van der Waals surface area contributed by atoms with Gasteiger partial charge < -0.3 is 10.6 Å². The van der Waals surface area contributed by atoms with Gasteiger partial charge >= 0.3 is 0 Å². The van der Waals surface area contributed by atoms with Crippen LogP contribution in [0.2, 0.25) is 0 Å². The second kappa shape index (κ2) is 6.66. The molecule has 0 spiro atoms. The number of carbonyl (C=O) groups excluding carboxylic acids is 1. The lowest BCUT2D eigenvalue weighted by Gasteiger charge is -2.34. The summed E-state index contributed by atoms with van der Waals surface area (Å²) in [5, 5.41) is 8.58. The molecule has 124 valence electrons. The highest BCUT2D eigenvalue weighted by atomic mass is 16.2. The van der Waals surface area contributed by atoms with E-state index in [1.165, 1.54) is 0 Å². The number of hydrogen-bond acceptors (Lipinski definition) is 4. The van der Waals surface area contributed by atoms with Crippen molar-refractivity contribution in [3.8, 4) is 0 Å². The first-order valence-corrected chi connectivity index (χ1v) is 8.45. The lowest BCUT2D eigenvalue weighted by molar-refractivity contribution is -0.135. The summed E-state index contributed by atoms with van der Waals surface area (Å²) < 4.78 is 2.02. The van der Waals surface area contributed by atoms with Crippen molar-refractivity contribution in [1.29, 1.82) is 0 Å². The van der Waals surface area contributed by atoms with E-state index < -0.39 is 6.04 Å². The van der Waals surface area contributed by atoms with Crippen LogP contribution in [0.15, 0.2) is 24.4 Å². The first kappa shape index (κ1) is 15.9. The number of rotatable bonds is 4. The van der Waals surface area contributed by atoms with E-state index in [0.717, 1.165) is 37.3 Å². The van der Waals surface area contributed by atoms with E-state index in [0.29, 0.717) is 6.54 Å². The third-order valence-corrected chi connectivity index (χ3v) is 4.98. The molecule has 0 saturated carbocycles. The van der Waals surface area contributed by atoms with E-state index >= 15 is 0 Å². The summed E-state index contributed by atoms with van der Waals surface area (Å²) >= 11 is 0. The first-order valence-electron chi connectivity index (χ1n) is 8.45. The summed E-state index contributed by atoms with van der Waals surface area (Å²) in [5.74, 6) is 1.43. The zero-order valence-corrected chi connectivity index (χ0v) is 13.9. The van der Waals surface area contributed by atoms with Gasteiger partial charge in [-0.3, -0.25) is 9.20 Å². The average molecular weight is 315 g/mol. The molecular weight excluding hydrogens is 290 g/mol. The van der Waals surface area contributed by atoms with Crippen molar-refractivity contribution in [2.45, 2.75) is 45.1 Å². The minimum Gasteiger partial charge on any atom is -0.341 e. The van der Waals surface area contributed by atoms with Crippen LogP contribution < -0.4 is 5.73 Å². The number of amides is 1. The van der Waals surface area contributed by atoms with E-state index in [2.05, 4.69) is 17.1 Å². The Hall–Kier alpha value is -1.95. The maximum atomic E-state index is 12.6. The largest absolute Gasteiger partial charge is 0.341 e. The highest BCUT2D eigenvalue weighted by molar-refractivity contribution is 5.82. The van der Waals surface area contributed by atoms with Crippen LogP contribution in [0.5, 0.6) is 0 Å². The molecule has 1 fully saturated rings. The fraction of sp³-hybridized carbons (Fsp3) is 0.588. The van der Waals surface area contributed by atoms with Crippen LogP contribution in [0.1, 0.15) is 44.9 Å². The second-order valence-corrected chi connectivity index (χ2v) is 6.52. The highest BCUT2D eigenvalue weighted by Crippen LogP contribution is 2.26. The molecule has 3 unspecified atom stereocenters. The lowest BCUT2D eigenvalue weighted by Crippen LogP contribution is -2.50. The number of pyridine rings is 1. The number of piperidine rings is 1. The van der Waals surface area contributed by atoms with E-state index in [4.69, 9.17) is 5.73 Å². The van der Waals surface area contributed by atoms with Crippen molar-refractivity contribution >= 4 is 11.6 Å². The van der Waals surface area contributed by atoms with Gasteiger partial charge in [-0.25, -0.2) is 0 Å². The van der Waals surface area contributed by atoms with Crippen LogP contribution >= 0.6 is 0 Å². The SMILES string of the molecule is CCC(C)C(N)C(=O)N1CCCC(c2nnc3ccccn23)C1. The van der Waals surface area contributed by atoms with Crippen LogP contribution in [0.25, 0.3) is 5.65 Å². The predicted molar refractivity (Wildman–Crippen MR) is 89.0 cm³/mol. The number of carbonyl (C=O) groups is 1. The van der Waals surface area contributed by atoms with Crippen LogP contribution in [0, 0.1) is 5.92 Å². The average Bonchev–Trinajstić information content (AvgIpc) is 3.04. The zero-order chi connectivity index (χ0) is 16.4. The Morgan fingerprint density at radius 1 is 1.43 bits per heavy atom. The summed E-state index contributed by atoms with van der Waals surface area (Å²) in [7, 11) is 0. The van der Waals surface area contributed by atoms with Crippen molar-refractivity contribution < 1.29 is 4.79 Å². The number of hydrogen-bond donors (Lipinski definition) is 1. The third kappa shape index (κ3) is 3.08. The fourth-order valence-corrected chi connectivity index (χ4v) is 3.23. The minimum atomic E-state index is -0.408. The molecule has 23 heavy (non-hydrogen) atoms. The van der Waals surface area contributed by atoms with Crippen molar-refractivity contribution in [3.63, 3.8) is 0 Å². The molecule has 0 bridgehead atoms. The maximum absolute atomic E-state index is 12.6. The molecule has 1 amide bonds. The van der Waals surface area contributed by atoms with Gasteiger partial charge in [0.1, 0.15) is 5.82 Å². The molecule has 1 aliphatic heterocycles. The Kier molecular flexibility index (Phi) is 4.61. The van der Waals surface area contributed by atoms with Crippen molar-refractivity contribution in [2.24, 2.45) is 11.7 Å². The summed E-state index contributed by atoms with van der Waals surface area (Å²) in [4.78, 5) is 14.5. The Bertz CT molecular complexity index is 682. The van der Waals surface area contributed by atoms with Gasteiger partial charge in [-0.05, 0) is 30.9 Å². The quantitative estimate of drug-likeness (QED) is 0.933. The lowest BCUT2D eigenvalue weighted by atomic mass is 9.94. The molecule has 2 aromatic rings. The summed E-state index contributed by atoms with van der Waals surface area (Å²) in [6, 6.07) is 5.47. The van der Waals surface area contributed by atoms with Gasteiger partial charge in [-0.2, -0.15) is 0 Å². The van der Waals surface area contributed by atoms with E-state index in [9.17, 15) is 4.79 Å². The molecule has 3 rings (SSSR count). The van der Waals surface area contributed by atoms with E-state index in [1.54, 1.807) is 0 Å². The molecule has 2 N–H and O–H groups in total. The fourth-order valence-electron chi connectivity index (χ4n) is 3.23. The predicted octanol–water partition coefficient (Wildman–Crippen LogP) is 1.81. The monoisotopic (exact) mass is 315 g/mol. The molecule has 0 aliphatic carbocycles. The van der Waals surface area contributed by atoms with Crippen LogP contribution in [0.4, 0.5) is 0 Å². The molecule has 0 aromatic carbocycles. The standard InChI is InChI=1S/C17H25N5O/c1-3-12(2)15(18)17(23)21-9-6-7-13(11-21)16-20-19-14-8-4-5-10-22(14)16/h4-5,8,10,12-13,15H,3,6-7,9,11,18H2,1-2H3. The van der Waals surface area contributed by atoms with Gasteiger partial charge in [0.25, 0.3) is 0 Å². The molecule has 1 saturated heterocycles. The third-order valence-electron chi connectivity index (χ3n) is 4.98. The second-order valence-electron chi connectivity index (χ2n) is 6.52. The van der Waals surface area contributed by atoms with E-state index in [1.807, 2.05) is 40.6 Å². The maximum Gasteiger partial charge on any atom is 0.239 e. The van der Waals surface area contributed by atoms with E-state index in [-0.39, 0.29) is 17.7 Å². The van der Waals surface area contributed by atoms with Gasteiger partial charge in [0.05, 0.1) is 6.04 Å². The molecule has 0 radical (unpaired) electrons. The van der Waals surface area contributed by atoms with Crippen LogP contribution in [-0.4, -0.2) is 44.5 Å². The molecule has 3 atom stereocenters. The molecular formula is C17H25N5O. The highest BCUT2D eigenvalue weighted by Gasteiger charge is 2.31. The Morgan fingerprint density at radius 2 is 2.26 bits per heavy atom.